The molecule has 0 saturated carbocycles. The van der Waals surface area contributed by atoms with E-state index in [1.807, 2.05) is 6.08 Å². The fourth-order valence-corrected chi connectivity index (χ4v) is 1.74. The Bertz CT molecular complexity index is 281. The van der Waals surface area contributed by atoms with Gasteiger partial charge in [-0.2, -0.15) is 0 Å². The Kier molecular flexibility index (Phi) is 1.83. The van der Waals surface area contributed by atoms with E-state index in [1.54, 1.807) is 6.08 Å². The summed E-state index contributed by atoms with van der Waals surface area (Å²) < 4.78 is 9.99. The van der Waals surface area contributed by atoms with Crippen LogP contribution in [0.15, 0.2) is 12.2 Å². The molecular formula is C9H10O4. The van der Waals surface area contributed by atoms with Crippen molar-refractivity contribution >= 4 is 11.9 Å². The molecule has 0 bridgehead atoms. The van der Waals surface area contributed by atoms with Gasteiger partial charge < -0.3 is 9.47 Å². The maximum Gasteiger partial charge on any atom is 0.306 e. The lowest BCUT2D eigenvalue weighted by Gasteiger charge is -2.16. The van der Waals surface area contributed by atoms with Crippen molar-refractivity contribution in [1.29, 1.82) is 0 Å². The molecule has 0 amide bonds. The Morgan fingerprint density at radius 1 is 1.62 bits per heavy atom. The first-order chi connectivity index (χ1) is 6.16. The molecule has 0 unspecified atom stereocenters. The number of fused-ring (bicyclic) bond motifs is 1. The monoisotopic (exact) mass is 182 g/mol. The second kappa shape index (κ2) is 2.87. The van der Waals surface area contributed by atoms with E-state index in [2.05, 4.69) is 0 Å². The van der Waals surface area contributed by atoms with E-state index >= 15 is 0 Å². The van der Waals surface area contributed by atoms with Gasteiger partial charge in [0, 0.05) is 12.8 Å². The summed E-state index contributed by atoms with van der Waals surface area (Å²) in [4.78, 5) is 21.6. The SMILES string of the molecule is CC(=O)O[C@@H]1C=C[C@H]2CC(=O)O[C@H]21. The van der Waals surface area contributed by atoms with Crippen LogP contribution in [0.4, 0.5) is 0 Å². The van der Waals surface area contributed by atoms with Crippen molar-refractivity contribution in [1.82, 2.24) is 0 Å². The number of esters is 2. The largest absolute Gasteiger partial charge is 0.457 e. The van der Waals surface area contributed by atoms with E-state index in [4.69, 9.17) is 9.47 Å². The highest BCUT2D eigenvalue weighted by Gasteiger charge is 2.43. The van der Waals surface area contributed by atoms with E-state index in [0.717, 1.165) is 0 Å². The maximum absolute atomic E-state index is 10.9. The molecule has 1 aliphatic carbocycles. The second-order valence-corrected chi connectivity index (χ2v) is 3.28. The van der Waals surface area contributed by atoms with Crippen LogP contribution in [0.1, 0.15) is 13.3 Å². The summed E-state index contributed by atoms with van der Waals surface area (Å²) in [6.45, 7) is 1.35. The predicted octanol–water partition coefficient (Wildman–Crippen LogP) is 0.420. The molecule has 2 rings (SSSR count). The molecule has 0 spiro atoms. The van der Waals surface area contributed by atoms with Crippen molar-refractivity contribution in [3.8, 4) is 0 Å². The summed E-state index contributed by atoms with van der Waals surface area (Å²) in [5.74, 6) is -0.466. The molecular weight excluding hydrogens is 172 g/mol. The number of ether oxygens (including phenoxy) is 2. The molecule has 0 radical (unpaired) electrons. The van der Waals surface area contributed by atoms with E-state index in [9.17, 15) is 9.59 Å². The lowest BCUT2D eigenvalue weighted by atomic mass is 10.1. The first kappa shape index (κ1) is 8.29. The minimum Gasteiger partial charge on any atom is -0.457 e. The van der Waals surface area contributed by atoms with Crippen molar-refractivity contribution in [3.05, 3.63) is 12.2 Å². The van der Waals surface area contributed by atoms with Gasteiger partial charge in [0.15, 0.2) is 6.10 Å². The van der Waals surface area contributed by atoms with Crippen LogP contribution in [0.2, 0.25) is 0 Å². The normalized spacial score (nSPS) is 35.8. The second-order valence-electron chi connectivity index (χ2n) is 3.28. The molecule has 2 aliphatic rings. The Hall–Kier alpha value is -1.32. The van der Waals surface area contributed by atoms with Crippen LogP contribution < -0.4 is 0 Å². The number of carbonyl (C=O) groups is 2. The molecule has 3 atom stereocenters. The van der Waals surface area contributed by atoms with Crippen molar-refractivity contribution < 1.29 is 19.1 Å². The molecule has 4 heteroatoms. The van der Waals surface area contributed by atoms with Gasteiger partial charge in [-0.05, 0) is 6.08 Å². The summed E-state index contributed by atoms with van der Waals surface area (Å²) in [5.41, 5.74) is 0. The molecule has 4 nitrogen and oxygen atoms in total. The number of carbonyl (C=O) groups excluding carboxylic acids is 2. The van der Waals surface area contributed by atoms with Crippen LogP contribution in [0, 0.1) is 5.92 Å². The van der Waals surface area contributed by atoms with Crippen molar-refractivity contribution in [2.45, 2.75) is 25.6 Å². The van der Waals surface area contributed by atoms with Crippen LogP contribution in [-0.2, 0) is 19.1 Å². The van der Waals surface area contributed by atoms with Gasteiger partial charge in [0.05, 0.1) is 6.42 Å². The first-order valence-electron chi connectivity index (χ1n) is 4.22. The fraction of sp³-hybridized carbons (Fsp3) is 0.556. The van der Waals surface area contributed by atoms with Gasteiger partial charge in [0.1, 0.15) is 6.10 Å². The fourth-order valence-electron chi connectivity index (χ4n) is 1.74. The number of rotatable bonds is 1. The van der Waals surface area contributed by atoms with Crippen LogP contribution in [0.3, 0.4) is 0 Å². The van der Waals surface area contributed by atoms with E-state index in [1.165, 1.54) is 6.92 Å². The zero-order valence-corrected chi connectivity index (χ0v) is 7.23. The minimum atomic E-state index is -0.381. The van der Waals surface area contributed by atoms with Gasteiger partial charge >= 0.3 is 11.9 Å². The molecule has 1 saturated heterocycles. The molecule has 0 aromatic rings. The predicted molar refractivity (Wildman–Crippen MR) is 42.7 cm³/mol. The zero-order valence-electron chi connectivity index (χ0n) is 7.23. The van der Waals surface area contributed by atoms with Crippen LogP contribution >= 0.6 is 0 Å². The molecule has 1 heterocycles. The molecule has 0 aromatic heterocycles. The molecule has 1 aliphatic heterocycles. The smallest absolute Gasteiger partial charge is 0.306 e. The molecule has 13 heavy (non-hydrogen) atoms. The van der Waals surface area contributed by atoms with Gasteiger partial charge in [-0.15, -0.1) is 0 Å². The minimum absolute atomic E-state index is 0.0943. The van der Waals surface area contributed by atoms with Gasteiger partial charge in [-0.3, -0.25) is 9.59 Å². The lowest BCUT2D eigenvalue weighted by molar-refractivity contribution is -0.156. The van der Waals surface area contributed by atoms with E-state index < -0.39 is 0 Å². The van der Waals surface area contributed by atoms with Gasteiger partial charge in [0.25, 0.3) is 0 Å². The van der Waals surface area contributed by atoms with E-state index in [0.29, 0.717) is 6.42 Å². The van der Waals surface area contributed by atoms with E-state index in [-0.39, 0.29) is 30.1 Å². The standard InChI is InChI=1S/C9H10O4/c1-5(10)12-7-3-2-6-4-8(11)13-9(6)7/h2-3,6-7,9H,4H2,1H3/t6-,7+,9+/m0/s1. The van der Waals surface area contributed by atoms with Crippen LogP contribution in [-0.4, -0.2) is 24.1 Å². The average molecular weight is 182 g/mol. The maximum atomic E-state index is 10.9. The number of hydrogen-bond acceptors (Lipinski definition) is 4. The Morgan fingerprint density at radius 3 is 3.08 bits per heavy atom. The molecule has 0 N–H and O–H groups in total. The topological polar surface area (TPSA) is 52.6 Å². The van der Waals surface area contributed by atoms with Crippen LogP contribution in [0.25, 0.3) is 0 Å². The summed E-state index contributed by atoms with van der Waals surface area (Å²) in [5, 5.41) is 0. The Morgan fingerprint density at radius 2 is 2.38 bits per heavy atom. The van der Waals surface area contributed by atoms with Crippen molar-refractivity contribution in [3.63, 3.8) is 0 Å². The number of hydrogen-bond donors (Lipinski definition) is 0. The molecule has 1 fully saturated rings. The third-order valence-corrected chi connectivity index (χ3v) is 2.27. The Balaban J connectivity index is 2.05. The van der Waals surface area contributed by atoms with Gasteiger partial charge in [-0.1, -0.05) is 6.08 Å². The third-order valence-electron chi connectivity index (χ3n) is 2.27. The van der Waals surface area contributed by atoms with Crippen molar-refractivity contribution in [2.75, 3.05) is 0 Å². The Labute approximate surface area is 75.5 Å². The highest BCUT2D eigenvalue weighted by atomic mass is 16.6. The molecule has 70 valence electrons. The summed E-state index contributed by atoms with van der Waals surface area (Å²) in [6, 6.07) is 0. The first-order valence-corrected chi connectivity index (χ1v) is 4.22. The van der Waals surface area contributed by atoms with Crippen molar-refractivity contribution in [2.24, 2.45) is 5.92 Å². The van der Waals surface area contributed by atoms with Gasteiger partial charge in [0.2, 0.25) is 0 Å². The average Bonchev–Trinajstić information content (AvgIpc) is 2.51. The van der Waals surface area contributed by atoms with Gasteiger partial charge in [-0.25, -0.2) is 0 Å². The molecule has 0 aromatic carbocycles. The van der Waals surface area contributed by atoms with Crippen LogP contribution in [0.5, 0.6) is 0 Å². The quantitative estimate of drug-likeness (QED) is 0.435. The zero-order chi connectivity index (χ0) is 9.42. The third kappa shape index (κ3) is 1.43. The lowest BCUT2D eigenvalue weighted by Crippen LogP contribution is -2.28. The summed E-state index contributed by atoms with van der Waals surface area (Å²) in [6.07, 6.45) is 3.40. The highest BCUT2D eigenvalue weighted by molar-refractivity contribution is 5.73. The highest BCUT2D eigenvalue weighted by Crippen LogP contribution is 2.32. The summed E-state index contributed by atoms with van der Waals surface area (Å²) >= 11 is 0. The summed E-state index contributed by atoms with van der Waals surface area (Å²) in [7, 11) is 0.